The van der Waals surface area contributed by atoms with Crippen molar-refractivity contribution in [3.8, 4) is 0 Å². The first kappa shape index (κ1) is 79.7. The lowest BCUT2D eigenvalue weighted by Crippen LogP contribution is -2.65. The van der Waals surface area contributed by atoms with Crippen LogP contribution in [0.5, 0.6) is 0 Å². The van der Waals surface area contributed by atoms with E-state index in [4.69, 9.17) is 18.9 Å². The van der Waals surface area contributed by atoms with Crippen LogP contribution in [0.3, 0.4) is 0 Å². The van der Waals surface area contributed by atoms with Crippen molar-refractivity contribution in [1.29, 1.82) is 0 Å². The van der Waals surface area contributed by atoms with Crippen molar-refractivity contribution >= 4 is 5.91 Å². The summed E-state index contributed by atoms with van der Waals surface area (Å²) < 4.78 is 22.8. The molecule has 2 fully saturated rings. The minimum absolute atomic E-state index is 0.212. The molecule has 0 bridgehead atoms. The molecule has 12 unspecified atom stereocenters. The number of aliphatic hydroxyl groups excluding tert-OH is 8. The van der Waals surface area contributed by atoms with Crippen LogP contribution in [0.15, 0.2) is 109 Å². The van der Waals surface area contributed by atoms with Crippen LogP contribution in [0.25, 0.3) is 0 Å². The Morgan fingerprint density at radius 2 is 0.793 bits per heavy atom. The monoisotopic (exact) mass is 1220 g/mol. The number of carbonyl (C=O) groups excluding carboxylic acids is 1. The molecule has 0 spiro atoms. The number of ether oxygens (including phenoxy) is 4. The SMILES string of the molecule is CC/C=C\C/C=C\C/C=C\C/C=C\C/C=C\C/C=C\C/C=C\C/C=C\C/C=C\CCCCCCCCCCCCCCCC(=O)NC(COC1OC(CO)C(OC2OC(CO)C(O)C(O)C2O)C(O)C1O)C(O)CCCCCCCCCCCCCC. The number of aliphatic hydroxyl groups is 8. The topological polar surface area (TPSA) is 228 Å². The molecule has 0 aromatic carbocycles. The Kier molecular flexibility index (Phi) is 51.9. The van der Waals surface area contributed by atoms with E-state index >= 15 is 0 Å². The summed E-state index contributed by atoms with van der Waals surface area (Å²) in [5.41, 5.74) is 0. The fourth-order valence-electron chi connectivity index (χ4n) is 10.8. The minimum atomic E-state index is -1.79. The van der Waals surface area contributed by atoms with Gasteiger partial charge in [0.1, 0.15) is 48.8 Å². The van der Waals surface area contributed by atoms with E-state index in [-0.39, 0.29) is 12.5 Å². The molecule has 1 amide bonds. The molecular formula is C73H125NO13. The number of unbranched alkanes of at least 4 members (excludes halogenated alkanes) is 24. The molecule has 14 heteroatoms. The number of hydrogen-bond acceptors (Lipinski definition) is 13. The maximum absolute atomic E-state index is 13.3. The highest BCUT2D eigenvalue weighted by atomic mass is 16.7. The summed E-state index contributed by atoms with van der Waals surface area (Å²) in [5, 5.41) is 87.3. The fraction of sp³-hybridized carbons (Fsp3) is 0.740. The Balaban J connectivity index is 1.57. The van der Waals surface area contributed by atoms with Gasteiger partial charge in [-0.1, -0.05) is 271 Å². The highest BCUT2D eigenvalue weighted by molar-refractivity contribution is 5.76. The average molecular weight is 1220 g/mol. The second-order valence-corrected chi connectivity index (χ2v) is 23.9. The van der Waals surface area contributed by atoms with Gasteiger partial charge in [0.25, 0.3) is 0 Å². The van der Waals surface area contributed by atoms with Gasteiger partial charge in [0.05, 0.1) is 32.0 Å². The molecule has 14 nitrogen and oxygen atoms in total. The molecule has 500 valence electrons. The molecule has 0 aromatic heterocycles. The summed E-state index contributed by atoms with van der Waals surface area (Å²) >= 11 is 0. The second kappa shape index (κ2) is 56.6. The highest BCUT2D eigenvalue weighted by Crippen LogP contribution is 2.30. The molecule has 0 radical (unpaired) electrons. The predicted octanol–water partition coefficient (Wildman–Crippen LogP) is 14.0. The first-order valence-electron chi connectivity index (χ1n) is 34.6. The number of hydrogen-bond donors (Lipinski definition) is 9. The quantitative estimate of drug-likeness (QED) is 0.0204. The summed E-state index contributed by atoms with van der Waals surface area (Å²) in [6.45, 7) is 2.73. The molecule has 9 N–H and O–H groups in total. The third kappa shape index (κ3) is 40.9. The van der Waals surface area contributed by atoms with E-state index < -0.39 is 86.8 Å². The highest BCUT2D eigenvalue weighted by Gasteiger charge is 2.51. The Morgan fingerprint density at radius 3 is 1.22 bits per heavy atom. The molecule has 0 aromatic rings. The van der Waals surface area contributed by atoms with Crippen LogP contribution in [0.1, 0.15) is 251 Å². The molecule has 12 atom stereocenters. The maximum Gasteiger partial charge on any atom is 0.220 e. The van der Waals surface area contributed by atoms with E-state index in [0.29, 0.717) is 12.8 Å². The van der Waals surface area contributed by atoms with Crippen LogP contribution in [0.4, 0.5) is 0 Å². The largest absolute Gasteiger partial charge is 0.394 e. The number of rotatable bonds is 55. The van der Waals surface area contributed by atoms with Crippen molar-refractivity contribution in [2.24, 2.45) is 0 Å². The maximum atomic E-state index is 13.3. The van der Waals surface area contributed by atoms with E-state index in [2.05, 4.69) is 129 Å². The number of nitrogens with one attached hydrogen (secondary N) is 1. The van der Waals surface area contributed by atoms with Gasteiger partial charge in [-0.25, -0.2) is 0 Å². The van der Waals surface area contributed by atoms with Crippen molar-refractivity contribution in [3.05, 3.63) is 109 Å². The smallest absolute Gasteiger partial charge is 0.220 e. The zero-order valence-corrected chi connectivity index (χ0v) is 54.2. The van der Waals surface area contributed by atoms with Crippen LogP contribution >= 0.6 is 0 Å². The van der Waals surface area contributed by atoms with Crippen molar-refractivity contribution in [2.45, 2.75) is 325 Å². The van der Waals surface area contributed by atoms with E-state index in [1.807, 2.05) is 0 Å². The van der Waals surface area contributed by atoms with Gasteiger partial charge in [-0.05, 0) is 83.5 Å². The number of amides is 1. The van der Waals surface area contributed by atoms with Crippen molar-refractivity contribution in [1.82, 2.24) is 5.32 Å². The zero-order chi connectivity index (χ0) is 63.1. The molecule has 2 heterocycles. The number of allylic oxidation sites excluding steroid dienone is 18. The first-order valence-corrected chi connectivity index (χ1v) is 34.6. The summed E-state index contributed by atoms with van der Waals surface area (Å²) in [6.07, 6.45) is 64.0. The Hall–Kier alpha value is -3.35. The molecular weight excluding hydrogens is 1100 g/mol. The van der Waals surface area contributed by atoms with Gasteiger partial charge >= 0.3 is 0 Å². The summed E-state index contributed by atoms with van der Waals surface area (Å²) in [7, 11) is 0. The van der Waals surface area contributed by atoms with E-state index in [1.54, 1.807) is 0 Å². The molecule has 0 aliphatic carbocycles. The molecule has 2 rings (SSSR count). The molecule has 2 aliphatic heterocycles. The van der Waals surface area contributed by atoms with Crippen LogP contribution in [-0.2, 0) is 23.7 Å². The van der Waals surface area contributed by atoms with E-state index in [0.717, 1.165) is 116 Å². The third-order valence-electron chi connectivity index (χ3n) is 16.3. The fourth-order valence-corrected chi connectivity index (χ4v) is 10.8. The summed E-state index contributed by atoms with van der Waals surface area (Å²) in [5.74, 6) is -0.212. The molecule has 0 saturated carbocycles. The zero-order valence-electron chi connectivity index (χ0n) is 54.2. The van der Waals surface area contributed by atoms with E-state index in [1.165, 1.54) is 109 Å². The Bertz CT molecular complexity index is 1880. The van der Waals surface area contributed by atoms with Gasteiger partial charge in [-0.2, -0.15) is 0 Å². The summed E-state index contributed by atoms with van der Waals surface area (Å²) in [6, 6.07) is -0.834. The van der Waals surface area contributed by atoms with Crippen LogP contribution < -0.4 is 5.32 Å². The lowest BCUT2D eigenvalue weighted by Gasteiger charge is -2.46. The van der Waals surface area contributed by atoms with Gasteiger partial charge in [0.15, 0.2) is 12.6 Å². The first-order chi connectivity index (χ1) is 42.6. The van der Waals surface area contributed by atoms with Crippen molar-refractivity contribution in [3.63, 3.8) is 0 Å². The van der Waals surface area contributed by atoms with Crippen LogP contribution in [-0.4, -0.2) is 140 Å². The Morgan fingerprint density at radius 1 is 0.425 bits per heavy atom. The van der Waals surface area contributed by atoms with Crippen LogP contribution in [0.2, 0.25) is 0 Å². The van der Waals surface area contributed by atoms with Crippen molar-refractivity contribution < 1.29 is 64.6 Å². The standard InChI is InChI=1S/C73H125NO13/c1-3-5-7-9-11-13-15-17-18-19-20-21-22-23-24-25-26-27-28-29-30-31-32-33-34-35-36-37-38-39-40-41-42-43-44-45-47-49-51-53-55-57-65(78)74-61(62(77)56-54-52-50-48-46-16-14-12-10-8-6-4-2)60-84-72-70(83)68(81)71(64(59-76)86-72)87-73-69(82)67(80)66(79)63(58-75)85-73/h5,7,11,13,17-18,20-21,23-24,26-27,29-30,32-33,35-36,61-64,66-73,75-77,79-83H,3-4,6,8-10,12,14-16,19,22,25,28,31,34,37-60H2,1-2H3,(H,74,78)/b7-5-,13-11-,18-17-,21-20-,24-23-,27-26-,30-29-,33-32-,36-35-. The third-order valence-corrected chi connectivity index (χ3v) is 16.3. The van der Waals surface area contributed by atoms with Gasteiger partial charge in [0, 0.05) is 6.42 Å². The average Bonchev–Trinajstić information content (AvgIpc) is 2.31. The Labute approximate surface area is 527 Å². The molecule has 2 saturated heterocycles. The second-order valence-electron chi connectivity index (χ2n) is 23.9. The number of carbonyl (C=O) groups is 1. The predicted molar refractivity (Wildman–Crippen MR) is 355 cm³/mol. The van der Waals surface area contributed by atoms with Gasteiger partial charge in [-0.15, -0.1) is 0 Å². The summed E-state index contributed by atoms with van der Waals surface area (Å²) in [4.78, 5) is 13.3. The van der Waals surface area contributed by atoms with Crippen molar-refractivity contribution in [2.75, 3.05) is 19.8 Å². The molecule has 2 aliphatic rings. The van der Waals surface area contributed by atoms with Crippen LogP contribution in [0, 0.1) is 0 Å². The lowest BCUT2D eigenvalue weighted by atomic mass is 9.97. The van der Waals surface area contributed by atoms with Gasteiger partial charge in [0.2, 0.25) is 5.91 Å². The lowest BCUT2D eigenvalue weighted by molar-refractivity contribution is -0.359. The van der Waals surface area contributed by atoms with E-state index in [9.17, 15) is 45.6 Å². The van der Waals surface area contributed by atoms with Gasteiger partial charge < -0.3 is 65.1 Å². The molecule has 87 heavy (non-hydrogen) atoms. The van der Waals surface area contributed by atoms with Gasteiger partial charge in [-0.3, -0.25) is 4.79 Å². The normalized spacial score (nSPS) is 24.0. The minimum Gasteiger partial charge on any atom is -0.394 e.